The molecule has 5 heteroatoms. The summed E-state index contributed by atoms with van der Waals surface area (Å²) in [5, 5.41) is 5.21. The Kier molecular flexibility index (Phi) is 3.36. The normalized spacial score (nSPS) is 10.1. The molecule has 1 aromatic carbocycles. The average Bonchev–Trinajstić information content (AvgIpc) is 2.66. The van der Waals surface area contributed by atoms with Gasteiger partial charge in [-0.15, -0.1) is 11.3 Å². The van der Waals surface area contributed by atoms with E-state index < -0.39 is 0 Å². The van der Waals surface area contributed by atoms with Crippen molar-refractivity contribution in [3.05, 3.63) is 34.1 Å². The van der Waals surface area contributed by atoms with Crippen LogP contribution in [-0.2, 0) is 4.79 Å². The van der Waals surface area contributed by atoms with Crippen molar-refractivity contribution in [3.8, 4) is 11.3 Å². The van der Waals surface area contributed by atoms with Crippen molar-refractivity contribution >= 4 is 38.3 Å². The summed E-state index contributed by atoms with van der Waals surface area (Å²) in [6, 6.07) is 7.86. The summed E-state index contributed by atoms with van der Waals surface area (Å²) in [5.74, 6) is -0.104. The fourth-order valence-electron chi connectivity index (χ4n) is 1.27. The molecule has 3 nitrogen and oxygen atoms in total. The number of halogens is 1. The van der Waals surface area contributed by atoms with Crippen LogP contribution < -0.4 is 5.32 Å². The van der Waals surface area contributed by atoms with Gasteiger partial charge in [0.1, 0.15) is 0 Å². The molecule has 0 bridgehead atoms. The monoisotopic (exact) mass is 296 g/mol. The van der Waals surface area contributed by atoms with Crippen LogP contribution in [0.3, 0.4) is 0 Å². The van der Waals surface area contributed by atoms with E-state index in [1.54, 1.807) is 0 Å². The molecule has 1 amide bonds. The van der Waals surface area contributed by atoms with Crippen LogP contribution in [0.15, 0.2) is 34.1 Å². The first-order valence-electron chi connectivity index (χ1n) is 4.65. The summed E-state index contributed by atoms with van der Waals surface area (Å²) in [6.45, 7) is 1.47. The van der Waals surface area contributed by atoms with Gasteiger partial charge in [0.2, 0.25) is 5.91 Å². The lowest BCUT2D eigenvalue weighted by Crippen LogP contribution is -2.04. The van der Waals surface area contributed by atoms with Crippen LogP contribution in [0.1, 0.15) is 6.92 Å². The molecule has 0 aliphatic heterocycles. The molecule has 16 heavy (non-hydrogen) atoms. The lowest BCUT2D eigenvalue weighted by Gasteiger charge is -1.99. The lowest BCUT2D eigenvalue weighted by atomic mass is 10.2. The van der Waals surface area contributed by atoms with E-state index in [0.29, 0.717) is 5.13 Å². The first-order valence-corrected chi connectivity index (χ1v) is 6.32. The minimum Gasteiger partial charge on any atom is -0.302 e. The molecule has 0 unspecified atom stereocenters. The SMILES string of the molecule is CC(=O)Nc1nc(-c2ccccc2Br)cs1. The van der Waals surface area contributed by atoms with E-state index in [0.717, 1.165) is 15.7 Å². The number of carbonyl (C=O) groups excluding carboxylic acids is 1. The van der Waals surface area contributed by atoms with Crippen molar-refractivity contribution in [3.63, 3.8) is 0 Å². The Balaban J connectivity index is 2.32. The van der Waals surface area contributed by atoms with Gasteiger partial charge in [0.25, 0.3) is 0 Å². The Bertz CT molecular complexity index is 524. The number of benzene rings is 1. The predicted molar refractivity (Wildman–Crippen MR) is 69.6 cm³/mol. The zero-order valence-corrected chi connectivity index (χ0v) is 10.9. The Morgan fingerprint density at radius 2 is 2.19 bits per heavy atom. The maximum atomic E-state index is 10.9. The topological polar surface area (TPSA) is 42.0 Å². The maximum Gasteiger partial charge on any atom is 0.223 e. The molecule has 1 aromatic heterocycles. The summed E-state index contributed by atoms with van der Waals surface area (Å²) in [5.41, 5.74) is 1.89. The van der Waals surface area contributed by atoms with E-state index in [2.05, 4.69) is 26.2 Å². The van der Waals surface area contributed by atoms with Crippen LogP contribution in [0.5, 0.6) is 0 Å². The molecule has 2 aromatic rings. The highest BCUT2D eigenvalue weighted by molar-refractivity contribution is 9.10. The van der Waals surface area contributed by atoms with Crippen molar-refractivity contribution in [2.75, 3.05) is 5.32 Å². The van der Waals surface area contributed by atoms with Crippen LogP contribution in [-0.4, -0.2) is 10.9 Å². The smallest absolute Gasteiger partial charge is 0.223 e. The number of hydrogen-bond acceptors (Lipinski definition) is 3. The molecule has 82 valence electrons. The minimum atomic E-state index is -0.104. The van der Waals surface area contributed by atoms with E-state index in [1.807, 2.05) is 29.6 Å². The summed E-state index contributed by atoms with van der Waals surface area (Å²) in [6.07, 6.45) is 0. The summed E-state index contributed by atoms with van der Waals surface area (Å²) in [7, 11) is 0. The summed E-state index contributed by atoms with van der Waals surface area (Å²) in [4.78, 5) is 15.2. The van der Waals surface area contributed by atoms with Gasteiger partial charge >= 0.3 is 0 Å². The van der Waals surface area contributed by atoms with Crippen LogP contribution in [0, 0.1) is 0 Å². The van der Waals surface area contributed by atoms with Gasteiger partial charge in [-0.25, -0.2) is 4.98 Å². The number of amides is 1. The Morgan fingerprint density at radius 3 is 2.88 bits per heavy atom. The van der Waals surface area contributed by atoms with Crippen molar-refractivity contribution < 1.29 is 4.79 Å². The van der Waals surface area contributed by atoms with Gasteiger partial charge < -0.3 is 5.32 Å². The first kappa shape index (κ1) is 11.3. The molecule has 0 spiro atoms. The molecule has 1 heterocycles. The molecular weight excluding hydrogens is 288 g/mol. The Labute approximate surface area is 106 Å². The first-order chi connectivity index (χ1) is 7.66. The highest BCUT2D eigenvalue weighted by Gasteiger charge is 2.07. The molecule has 0 saturated carbocycles. The number of hydrogen-bond donors (Lipinski definition) is 1. The third kappa shape index (κ3) is 2.48. The minimum absolute atomic E-state index is 0.104. The van der Waals surface area contributed by atoms with Gasteiger partial charge in [0, 0.05) is 22.3 Å². The fraction of sp³-hybridized carbons (Fsp3) is 0.0909. The molecule has 0 aliphatic carbocycles. The van der Waals surface area contributed by atoms with E-state index >= 15 is 0 Å². The number of aromatic nitrogens is 1. The molecule has 0 aliphatic rings. The highest BCUT2D eigenvalue weighted by atomic mass is 79.9. The second kappa shape index (κ2) is 4.76. The lowest BCUT2D eigenvalue weighted by molar-refractivity contribution is -0.114. The highest BCUT2D eigenvalue weighted by Crippen LogP contribution is 2.30. The molecule has 0 radical (unpaired) electrons. The van der Waals surface area contributed by atoms with Crippen LogP contribution in [0.25, 0.3) is 11.3 Å². The summed E-state index contributed by atoms with van der Waals surface area (Å²) >= 11 is 4.89. The molecule has 0 saturated heterocycles. The zero-order valence-electron chi connectivity index (χ0n) is 8.53. The Hall–Kier alpha value is -1.20. The van der Waals surface area contributed by atoms with Crippen LogP contribution in [0.4, 0.5) is 5.13 Å². The number of rotatable bonds is 2. The number of anilines is 1. The van der Waals surface area contributed by atoms with E-state index in [9.17, 15) is 4.79 Å². The van der Waals surface area contributed by atoms with Crippen LogP contribution >= 0.6 is 27.3 Å². The van der Waals surface area contributed by atoms with Gasteiger partial charge in [0.05, 0.1) is 5.69 Å². The quantitative estimate of drug-likeness (QED) is 0.921. The van der Waals surface area contributed by atoms with Crippen molar-refractivity contribution in [1.82, 2.24) is 4.98 Å². The summed E-state index contributed by atoms with van der Waals surface area (Å²) < 4.78 is 0.995. The third-order valence-electron chi connectivity index (χ3n) is 1.94. The van der Waals surface area contributed by atoms with Crippen LogP contribution in [0.2, 0.25) is 0 Å². The zero-order chi connectivity index (χ0) is 11.5. The van der Waals surface area contributed by atoms with E-state index in [4.69, 9.17) is 0 Å². The molecule has 0 atom stereocenters. The van der Waals surface area contributed by atoms with Gasteiger partial charge in [-0.1, -0.05) is 34.1 Å². The molecule has 1 N–H and O–H groups in total. The van der Waals surface area contributed by atoms with Crippen molar-refractivity contribution in [2.24, 2.45) is 0 Å². The van der Waals surface area contributed by atoms with Gasteiger partial charge in [-0.3, -0.25) is 4.79 Å². The predicted octanol–water partition coefficient (Wildman–Crippen LogP) is 3.53. The largest absolute Gasteiger partial charge is 0.302 e. The van der Waals surface area contributed by atoms with E-state index in [1.165, 1.54) is 18.3 Å². The maximum absolute atomic E-state index is 10.9. The average molecular weight is 297 g/mol. The standard InChI is InChI=1S/C11H9BrN2OS/c1-7(15)13-11-14-10(6-16-11)8-4-2-3-5-9(8)12/h2-6H,1H3,(H,13,14,15). The van der Waals surface area contributed by atoms with Crippen molar-refractivity contribution in [2.45, 2.75) is 6.92 Å². The fourth-order valence-corrected chi connectivity index (χ4v) is 2.52. The molecular formula is C11H9BrN2OS. The number of thiazole rings is 1. The van der Waals surface area contributed by atoms with E-state index in [-0.39, 0.29) is 5.91 Å². The second-order valence-electron chi connectivity index (χ2n) is 3.20. The molecule has 2 rings (SSSR count). The number of carbonyl (C=O) groups is 1. The van der Waals surface area contributed by atoms with Gasteiger partial charge in [0.15, 0.2) is 5.13 Å². The van der Waals surface area contributed by atoms with Gasteiger partial charge in [-0.05, 0) is 6.07 Å². The third-order valence-corrected chi connectivity index (χ3v) is 3.39. The number of nitrogens with zero attached hydrogens (tertiary/aromatic N) is 1. The second-order valence-corrected chi connectivity index (χ2v) is 4.91. The van der Waals surface area contributed by atoms with Gasteiger partial charge in [-0.2, -0.15) is 0 Å². The molecule has 0 fully saturated rings. The van der Waals surface area contributed by atoms with Crippen molar-refractivity contribution in [1.29, 1.82) is 0 Å². The number of nitrogens with one attached hydrogen (secondary N) is 1. The Morgan fingerprint density at radius 1 is 1.44 bits per heavy atom.